The Morgan fingerprint density at radius 3 is 1.78 bits per heavy atom. The zero-order valence-corrected chi connectivity index (χ0v) is 27.7. The Morgan fingerprint density at radius 2 is 1.04 bits per heavy atom. The van der Waals surface area contributed by atoms with Gasteiger partial charge in [-0.25, -0.2) is 15.0 Å². The summed E-state index contributed by atoms with van der Waals surface area (Å²) in [5.74, 6) is 4.99. The van der Waals surface area contributed by atoms with Gasteiger partial charge in [0, 0.05) is 34.5 Å². The summed E-state index contributed by atoms with van der Waals surface area (Å²) >= 11 is 0. The van der Waals surface area contributed by atoms with E-state index in [0.29, 0.717) is 29.3 Å². The maximum atomic E-state index is 5.19. The Balaban J connectivity index is 1.04. The van der Waals surface area contributed by atoms with Crippen molar-refractivity contribution in [1.29, 1.82) is 0 Å². The third-order valence-electron chi connectivity index (χ3n) is 12.4. The topological polar surface area (TPSA) is 64.5 Å². The first kappa shape index (κ1) is 28.3. The first-order valence-corrected chi connectivity index (χ1v) is 18.1. The molecule has 0 atom stereocenters. The average Bonchev–Trinajstić information content (AvgIpc) is 3.47. The second kappa shape index (κ2) is 10.7. The van der Waals surface area contributed by atoms with Gasteiger partial charge in [0.15, 0.2) is 17.5 Å². The molecule has 7 aromatic rings. The monoisotopic (exact) mass is 645 g/mol. The molecule has 50 heavy (non-hydrogen) atoms. The van der Waals surface area contributed by atoms with Crippen molar-refractivity contribution in [1.82, 2.24) is 24.9 Å². The van der Waals surface area contributed by atoms with Gasteiger partial charge in [-0.05, 0) is 107 Å². The van der Waals surface area contributed by atoms with Crippen molar-refractivity contribution >= 4 is 10.8 Å². The molecule has 3 aromatic heterocycles. The normalized spacial score (nSPS) is 24.1. The molecule has 0 amide bonds. The van der Waals surface area contributed by atoms with Crippen molar-refractivity contribution < 1.29 is 0 Å². The van der Waals surface area contributed by atoms with Gasteiger partial charge in [-0.2, -0.15) is 0 Å². The highest BCUT2D eigenvalue weighted by Crippen LogP contribution is 2.69. The van der Waals surface area contributed by atoms with Crippen LogP contribution in [0.2, 0.25) is 0 Å². The second-order valence-corrected chi connectivity index (χ2v) is 15.0. The third-order valence-corrected chi connectivity index (χ3v) is 12.4. The van der Waals surface area contributed by atoms with Crippen LogP contribution in [0, 0.1) is 23.7 Å². The van der Waals surface area contributed by atoms with E-state index in [2.05, 4.69) is 97.1 Å². The van der Waals surface area contributed by atoms with Gasteiger partial charge >= 0.3 is 0 Å². The van der Waals surface area contributed by atoms with Gasteiger partial charge in [0.1, 0.15) is 0 Å². The maximum Gasteiger partial charge on any atom is 0.165 e. The molecule has 4 fully saturated rings. The largest absolute Gasteiger partial charge is 0.254 e. The van der Waals surface area contributed by atoms with Crippen molar-refractivity contribution in [2.75, 3.05) is 0 Å². The van der Waals surface area contributed by atoms with E-state index in [1.54, 1.807) is 0 Å². The third kappa shape index (κ3) is 4.16. The first-order valence-electron chi connectivity index (χ1n) is 18.1. The Hall–Kier alpha value is -5.55. The molecule has 0 radical (unpaired) electrons. The highest BCUT2D eigenvalue weighted by atomic mass is 15.0. The minimum atomic E-state index is -0.0218. The maximum absolute atomic E-state index is 5.19. The lowest BCUT2D eigenvalue weighted by atomic mass is 9.43. The number of pyridine rings is 2. The molecule has 4 saturated carbocycles. The molecule has 3 heterocycles. The average molecular weight is 646 g/mol. The molecule has 0 aliphatic heterocycles. The molecule has 4 aromatic carbocycles. The summed E-state index contributed by atoms with van der Waals surface area (Å²) in [6.45, 7) is 0. The minimum Gasteiger partial charge on any atom is -0.254 e. The first-order chi connectivity index (χ1) is 24.7. The van der Waals surface area contributed by atoms with Crippen molar-refractivity contribution in [3.63, 3.8) is 0 Å². The summed E-state index contributed by atoms with van der Waals surface area (Å²) in [5, 5.41) is 2.48. The molecule has 0 saturated heterocycles. The van der Waals surface area contributed by atoms with Gasteiger partial charge in [0.05, 0.1) is 11.4 Å². The van der Waals surface area contributed by atoms with Gasteiger partial charge in [-0.15, -0.1) is 0 Å². The SMILES string of the molecule is c1ccc(-c2nc(-c3ccc(-c4ccc5ccccc5c4)cc3)nc(-c3cnc4c(c3)C3(c5cccnc5-4)C4CC5CC(C4)CC3C5)n2)cc1. The highest BCUT2D eigenvalue weighted by molar-refractivity contribution is 5.87. The molecule has 240 valence electrons. The Labute approximate surface area is 291 Å². The van der Waals surface area contributed by atoms with E-state index in [0.717, 1.165) is 45.5 Å². The Kier molecular flexibility index (Phi) is 6.07. The molecule has 5 aliphatic rings. The van der Waals surface area contributed by atoms with Crippen LogP contribution in [0.1, 0.15) is 43.2 Å². The fraction of sp³-hybridized carbons (Fsp3) is 0.222. The summed E-state index contributed by atoms with van der Waals surface area (Å²) in [6.07, 6.45) is 10.6. The zero-order chi connectivity index (χ0) is 32.8. The number of fused-ring (bicyclic) bond motifs is 4. The van der Waals surface area contributed by atoms with Crippen LogP contribution in [0.5, 0.6) is 0 Å². The smallest absolute Gasteiger partial charge is 0.165 e. The number of hydrogen-bond acceptors (Lipinski definition) is 5. The second-order valence-electron chi connectivity index (χ2n) is 15.0. The van der Waals surface area contributed by atoms with Crippen molar-refractivity contribution in [3.8, 4) is 56.7 Å². The molecule has 0 N–H and O–H groups in total. The van der Waals surface area contributed by atoms with E-state index in [9.17, 15) is 0 Å². The standard InChI is InChI=1S/C45H35N5/c1-2-8-31(9-3-1)42-48-43(32-15-12-30(13-16-32)34-17-14-29-7-4-5-10-33(29)24-34)50-44(49-42)35-25-39-41(47-26-35)40-38(11-6-18-46-40)45(39)36-20-27-19-28(22-36)23-37(45)21-27/h1-18,24-28,36-37H,19-23H2. The summed E-state index contributed by atoms with van der Waals surface area (Å²) in [6, 6.07) is 40.8. The molecule has 5 aliphatic carbocycles. The van der Waals surface area contributed by atoms with Crippen molar-refractivity contribution in [2.24, 2.45) is 23.7 Å². The number of benzene rings is 4. The molecule has 12 rings (SSSR count). The van der Waals surface area contributed by atoms with Crippen LogP contribution in [0.4, 0.5) is 0 Å². The lowest BCUT2D eigenvalue weighted by molar-refractivity contribution is -0.0400. The highest BCUT2D eigenvalue weighted by Gasteiger charge is 2.62. The zero-order valence-electron chi connectivity index (χ0n) is 27.7. The molecule has 4 bridgehead atoms. The molecular weight excluding hydrogens is 611 g/mol. The van der Waals surface area contributed by atoms with Gasteiger partial charge in [0.25, 0.3) is 0 Å². The van der Waals surface area contributed by atoms with E-state index < -0.39 is 0 Å². The quantitative estimate of drug-likeness (QED) is 0.191. The molecular formula is C45H35N5. The van der Waals surface area contributed by atoms with Gasteiger partial charge < -0.3 is 0 Å². The van der Waals surface area contributed by atoms with Gasteiger partial charge in [0.2, 0.25) is 0 Å². The van der Waals surface area contributed by atoms with Crippen LogP contribution < -0.4 is 0 Å². The summed E-state index contributed by atoms with van der Waals surface area (Å²) in [4.78, 5) is 25.5. The predicted molar refractivity (Wildman–Crippen MR) is 198 cm³/mol. The molecule has 0 unspecified atom stereocenters. The van der Waals surface area contributed by atoms with E-state index >= 15 is 0 Å². The van der Waals surface area contributed by atoms with E-state index in [1.807, 2.05) is 30.6 Å². The van der Waals surface area contributed by atoms with Crippen molar-refractivity contribution in [3.05, 3.63) is 139 Å². The molecule has 5 nitrogen and oxygen atoms in total. The predicted octanol–water partition coefficient (Wildman–Crippen LogP) is 10.2. The van der Waals surface area contributed by atoms with Crippen LogP contribution in [0.15, 0.2) is 128 Å². The van der Waals surface area contributed by atoms with Crippen LogP contribution in [-0.4, -0.2) is 24.9 Å². The molecule has 5 heteroatoms. The van der Waals surface area contributed by atoms with Crippen LogP contribution in [0.3, 0.4) is 0 Å². The molecule has 1 spiro atoms. The summed E-state index contributed by atoms with van der Waals surface area (Å²) in [5.41, 5.74) is 10.1. The van der Waals surface area contributed by atoms with Crippen LogP contribution >= 0.6 is 0 Å². The van der Waals surface area contributed by atoms with Gasteiger partial charge in [-0.1, -0.05) is 97.1 Å². The van der Waals surface area contributed by atoms with E-state index in [1.165, 1.54) is 59.6 Å². The minimum absolute atomic E-state index is 0.0218. The van der Waals surface area contributed by atoms with E-state index in [-0.39, 0.29) is 5.41 Å². The number of hydrogen-bond donors (Lipinski definition) is 0. The summed E-state index contributed by atoms with van der Waals surface area (Å²) < 4.78 is 0. The van der Waals surface area contributed by atoms with Crippen LogP contribution in [0.25, 0.3) is 67.5 Å². The number of aromatic nitrogens is 5. The fourth-order valence-corrected chi connectivity index (χ4v) is 10.5. The Morgan fingerprint density at radius 1 is 0.440 bits per heavy atom. The number of nitrogens with zero attached hydrogens (tertiary/aromatic N) is 5. The fourth-order valence-electron chi connectivity index (χ4n) is 10.5. The van der Waals surface area contributed by atoms with Crippen LogP contribution in [-0.2, 0) is 5.41 Å². The van der Waals surface area contributed by atoms with Crippen molar-refractivity contribution in [2.45, 2.75) is 37.5 Å². The number of rotatable bonds is 4. The van der Waals surface area contributed by atoms with Gasteiger partial charge in [-0.3, -0.25) is 9.97 Å². The Bertz CT molecular complexity index is 2420. The lowest BCUT2D eigenvalue weighted by Gasteiger charge is -2.60. The summed E-state index contributed by atoms with van der Waals surface area (Å²) in [7, 11) is 0. The lowest BCUT2D eigenvalue weighted by Crippen LogP contribution is -2.55. The van der Waals surface area contributed by atoms with E-state index in [4.69, 9.17) is 24.9 Å².